The van der Waals surface area contributed by atoms with Crippen LogP contribution in [0.2, 0.25) is 10.0 Å². The highest BCUT2D eigenvalue weighted by Gasteiger charge is 2.56. The van der Waals surface area contributed by atoms with Crippen LogP contribution in [0.25, 0.3) is 5.57 Å². The lowest BCUT2D eigenvalue weighted by Crippen LogP contribution is -2.48. The summed E-state index contributed by atoms with van der Waals surface area (Å²) in [6.07, 6.45) is 1.32. The predicted molar refractivity (Wildman–Crippen MR) is 137 cm³/mol. The van der Waals surface area contributed by atoms with Crippen molar-refractivity contribution in [3.05, 3.63) is 105 Å². The van der Waals surface area contributed by atoms with E-state index in [4.69, 9.17) is 33.4 Å². The number of ether oxygens (including phenoxy) is 1. The van der Waals surface area contributed by atoms with E-state index in [1.807, 2.05) is 0 Å². The highest BCUT2D eigenvalue weighted by atomic mass is 35.5. The Morgan fingerprint density at radius 1 is 1.22 bits per heavy atom. The van der Waals surface area contributed by atoms with Gasteiger partial charge in [-0.25, -0.2) is 4.39 Å². The molecule has 2 aliphatic rings. The number of rotatable bonds is 8. The lowest BCUT2D eigenvalue weighted by atomic mass is 9.90. The Morgan fingerprint density at radius 3 is 2.50 bits per heavy atom. The van der Waals surface area contributed by atoms with Crippen molar-refractivity contribution >= 4 is 34.7 Å². The molecule has 3 aromatic rings. The number of aromatic nitrogens is 1. The molecule has 0 spiro atoms. The zero-order chi connectivity index (χ0) is 29.3. The first-order chi connectivity index (χ1) is 18.6. The van der Waals surface area contributed by atoms with E-state index < -0.39 is 36.0 Å². The largest absolute Gasteiger partial charge is 0.396 e. The average molecular weight is 531 g/mol. The number of benzene rings is 2. The molecule has 2 aromatic carbocycles. The fraction of sp³-hybridized carbons (Fsp3) is 0.286. The number of nitrogens with zero attached hydrogens (tertiary/aromatic N) is 2. The van der Waals surface area contributed by atoms with Gasteiger partial charge in [0.1, 0.15) is 5.82 Å². The number of fused-ring (bicyclic) bond motifs is 1. The normalized spacial score (nSPS) is 22.4. The molecule has 0 saturated heterocycles. The van der Waals surface area contributed by atoms with Crippen molar-refractivity contribution in [2.45, 2.75) is 32.0 Å². The van der Waals surface area contributed by atoms with E-state index in [9.17, 15) is 9.90 Å². The molecule has 0 radical (unpaired) electrons. The van der Waals surface area contributed by atoms with E-state index in [1.54, 1.807) is 19.1 Å². The number of allylic oxidation sites excluding steroid dienone is 1. The van der Waals surface area contributed by atoms with Crippen LogP contribution >= 0.6 is 23.2 Å². The zero-order valence-corrected chi connectivity index (χ0v) is 20.8. The summed E-state index contributed by atoms with van der Waals surface area (Å²) in [6, 6.07) is 11.8. The summed E-state index contributed by atoms with van der Waals surface area (Å²) in [5.41, 5.74) is -3.12. The number of pyridine rings is 1. The molecular formula is C28H25Cl2FN2O3. The van der Waals surface area contributed by atoms with Crippen molar-refractivity contribution in [2.75, 3.05) is 13.1 Å². The van der Waals surface area contributed by atoms with Crippen LogP contribution in [0.4, 0.5) is 4.39 Å². The third-order valence-electron chi connectivity index (χ3n) is 6.48. The maximum Gasteiger partial charge on any atom is 0.257 e. The smallest absolute Gasteiger partial charge is 0.257 e. The number of hydrogen-bond donors (Lipinski definition) is 1. The van der Waals surface area contributed by atoms with Gasteiger partial charge < -0.3 is 9.84 Å². The molecule has 0 unspecified atom stereocenters. The molecule has 1 saturated carbocycles. The first-order valence-corrected chi connectivity index (χ1v) is 12.0. The molecule has 1 aromatic heterocycles. The Labute approximate surface area is 224 Å². The third-order valence-corrected chi connectivity index (χ3v) is 6.96. The molecule has 1 N–H and O–H groups in total. The van der Waals surface area contributed by atoms with Gasteiger partial charge in [0.15, 0.2) is 5.72 Å². The summed E-state index contributed by atoms with van der Waals surface area (Å²) in [5.74, 6) is -1.52. The zero-order valence-electron chi connectivity index (χ0n) is 23.3. The second-order valence-corrected chi connectivity index (χ2v) is 9.94. The Bertz CT molecular complexity index is 1510. The van der Waals surface area contributed by atoms with Gasteiger partial charge in [-0.2, -0.15) is 0 Å². The van der Waals surface area contributed by atoms with Gasteiger partial charge in [-0.15, -0.1) is 0 Å². The lowest BCUT2D eigenvalue weighted by Gasteiger charge is -2.40. The molecule has 2 heterocycles. The van der Waals surface area contributed by atoms with E-state index in [-0.39, 0.29) is 36.1 Å². The summed E-state index contributed by atoms with van der Waals surface area (Å²) in [7, 11) is 0. The van der Waals surface area contributed by atoms with E-state index in [2.05, 4.69) is 11.6 Å². The number of hydrogen-bond acceptors (Lipinski definition) is 4. The SMILES string of the molecule is [2H]C([2H])(O)C1(C([2H])([2H])O[C@]2(c3ccc(Cl)cc3)c3c(F)cc(C(=C)C)cc3C(=O)N2Cc2ccc(Cl)cn2)CC1. The molecule has 1 aliphatic carbocycles. The maximum absolute atomic E-state index is 16.2. The molecular weight excluding hydrogens is 502 g/mol. The van der Waals surface area contributed by atoms with Crippen LogP contribution in [-0.4, -0.2) is 34.0 Å². The van der Waals surface area contributed by atoms with Crippen LogP contribution in [0.15, 0.2) is 61.3 Å². The summed E-state index contributed by atoms with van der Waals surface area (Å²) >= 11 is 12.2. The minimum absolute atomic E-state index is 0.0309. The van der Waals surface area contributed by atoms with Crippen molar-refractivity contribution in [2.24, 2.45) is 5.41 Å². The fourth-order valence-corrected chi connectivity index (χ4v) is 4.55. The van der Waals surface area contributed by atoms with E-state index in [0.29, 0.717) is 26.9 Å². The average Bonchev–Trinajstić information content (AvgIpc) is 3.67. The van der Waals surface area contributed by atoms with Crippen LogP contribution in [0.5, 0.6) is 0 Å². The minimum Gasteiger partial charge on any atom is -0.396 e. The summed E-state index contributed by atoms with van der Waals surface area (Å²) < 4.78 is 56.3. The van der Waals surface area contributed by atoms with Gasteiger partial charge >= 0.3 is 0 Å². The first-order valence-electron chi connectivity index (χ1n) is 13.2. The molecule has 0 bridgehead atoms. The van der Waals surface area contributed by atoms with E-state index >= 15 is 4.39 Å². The predicted octanol–water partition coefficient (Wildman–Crippen LogP) is 6.21. The number of halogens is 3. The van der Waals surface area contributed by atoms with Crippen molar-refractivity contribution in [1.29, 1.82) is 0 Å². The second-order valence-electron chi connectivity index (χ2n) is 9.07. The molecule has 1 amide bonds. The number of aliphatic hydroxyl groups is 1. The monoisotopic (exact) mass is 530 g/mol. The second kappa shape index (κ2) is 9.27. The van der Waals surface area contributed by atoms with Gasteiger partial charge in [-0.05, 0) is 61.7 Å². The molecule has 1 atom stereocenters. The lowest BCUT2D eigenvalue weighted by molar-refractivity contribution is -0.130. The summed E-state index contributed by atoms with van der Waals surface area (Å²) in [6.45, 7) is -0.569. The van der Waals surface area contributed by atoms with Gasteiger partial charge in [0.2, 0.25) is 0 Å². The molecule has 8 heteroatoms. The molecule has 186 valence electrons. The standard InChI is InChI=1S/C28H25Cl2FN2O3/c1-17(2)18-11-23-25(24(31)12-18)28(19-3-5-20(29)6-4-19,36-16-27(15-34)9-10-27)33(26(23)35)14-22-8-7-21(30)13-32-22/h3-8,11-13,34H,1,9-10,14-16H2,2H3/t28-/m1/s1/i15D2,16D2. The van der Waals surface area contributed by atoms with Crippen LogP contribution in [0.3, 0.4) is 0 Å². The third kappa shape index (κ3) is 4.22. The van der Waals surface area contributed by atoms with Gasteiger partial charge in [0.05, 0.1) is 47.0 Å². The number of amides is 1. The van der Waals surface area contributed by atoms with E-state index in [0.717, 1.165) is 4.90 Å². The molecule has 5 rings (SSSR count). The van der Waals surface area contributed by atoms with Gasteiger partial charge in [-0.3, -0.25) is 14.7 Å². The Morgan fingerprint density at radius 2 is 1.92 bits per heavy atom. The Hall–Kier alpha value is -2.77. The maximum atomic E-state index is 16.2. The van der Waals surface area contributed by atoms with Gasteiger partial charge in [0.25, 0.3) is 5.91 Å². The van der Waals surface area contributed by atoms with Gasteiger partial charge in [0, 0.05) is 22.2 Å². The fourth-order valence-electron chi connectivity index (χ4n) is 4.31. The molecule has 36 heavy (non-hydrogen) atoms. The van der Waals surface area contributed by atoms with Crippen LogP contribution in [0.1, 0.15) is 58.0 Å². The Balaban J connectivity index is 1.81. The topological polar surface area (TPSA) is 62.7 Å². The molecule has 5 nitrogen and oxygen atoms in total. The molecule has 1 fully saturated rings. The van der Waals surface area contributed by atoms with Crippen molar-refractivity contribution in [3.63, 3.8) is 0 Å². The Kier molecular flexibility index (Phi) is 5.23. The first kappa shape index (κ1) is 20.3. The highest BCUT2D eigenvalue weighted by molar-refractivity contribution is 6.30. The summed E-state index contributed by atoms with van der Waals surface area (Å²) in [4.78, 5) is 19.6. The van der Waals surface area contributed by atoms with Crippen molar-refractivity contribution < 1.29 is 24.5 Å². The van der Waals surface area contributed by atoms with E-state index in [1.165, 1.54) is 42.6 Å². The quantitative estimate of drug-likeness (QED) is 0.376. The highest BCUT2D eigenvalue weighted by Crippen LogP contribution is 2.52. The minimum atomic E-state index is -2.96. The summed E-state index contributed by atoms with van der Waals surface area (Å²) in [5, 5.41) is 11.0. The van der Waals surface area contributed by atoms with Gasteiger partial charge in [-0.1, -0.05) is 47.5 Å². The number of carbonyl (C=O) groups excluding carboxylic acids is 1. The molecule has 1 aliphatic heterocycles. The number of carbonyl (C=O) groups is 1. The van der Waals surface area contributed by atoms with Crippen molar-refractivity contribution in [3.8, 4) is 0 Å². The van der Waals surface area contributed by atoms with Crippen molar-refractivity contribution in [1.82, 2.24) is 9.88 Å². The van der Waals surface area contributed by atoms with Crippen LogP contribution in [-0.2, 0) is 17.0 Å². The van der Waals surface area contributed by atoms with Crippen LogP contribution < -0.4 is 0 Å². The van der Waals surface area contributed by atoms with Crippen LogP contribution in [0, 0.1) is 11.2 Å².